The Hall–Kier alpha value is -3.77. The van der Waals surface area contributed by atoms with Gasteiger partial charge in [-0.3, -0.25) is 4.79 Å². The molecule has 3 aromatic carbocycles. The number of hydrogen-bond donors (Lipinski definition) is 1. The first-order valence-corrected chi connectivity index (χ1v) is 10.9. The molecular formula is C25H20N4OS. The molecule has 5 rings (SSSR count). The second-order valence-corrected chi connectivity index (χ2v) is 8.16. The number of fused-ring (bicyclic) bond motifs is 1. The van der Waals surface area contributed by atoms with Crippen LogP contribution in [0.1, 0.15) is 11.3 Å². The van der Waals surface area contributed by atoms with Crippen molar-refractivity contribution in [2.45, 2.75) is 13.3 Å². The number of rotatable bonds is 5. The minimum Gasteiger partial charge on any atom is -0.310 e. The van der Waals surface area contributed by atoms with E-state index in [2.05, 4.69) is 22.5 Å². The summed E-state index contributed by atoms with van der Waals surface area (Å²) in [6, 6.07) is 26.0. The average Bonchev–Trinajstić information content (AvgIpc) is 3.41. The summed E-state index contributed by atoms with van der Waals surface area (Å²) < 4.78 is 1.70. The summed E-state index contributed by atoms with van der Waals surface area (Å²) in [6.45, 7) is 1.91. The fourth-order valence-corrected chi connectivity index (χ4v) is 4.44. The molecule has 0 spiro atoms. The molecule has 31 heavy (non-hydrogen) atoms. The van der Waals surface area contributed by atoms with E-state index in [1.807, 2.05) is 79.0 Å². The number of thiazole rings is 1. The van der Waals surface area contributed by atoms with Gasteiger partial charge in [0.05, 0.1) is 17.8 Å². The van der Waals surface area contributed by atoms with E-state index in [1.54, 1.807) is 4.68 Å². The minimum atomic E-state index is -0.0858. The maximum absolute atomic E-state index is 12.9. The second-order valence-electron chi connectivity index (χ2n) is 7.33. The van der Waals surface area contributed by atoms with Crippen molar-refractivity contribution in [1.82, 2.24) is 14.8 Å². The minimum absolute atomic E-state index is 0.0858. The highest BCUT2D eigenvalue weighted by Gasteiger charge is 2.15. The molecule has 0 bridgehead atoms. The highest BCUT2D eigenvalue weighted by atomic mass is 32.1. The predicted octanol–water partition coefficient (Wildman–Crippen LogP) is 5.64. The Morgan fingerprint density at radius 3 is 2.65 bits per heavy atom. The van der Waals surface area contributed by atoms with Crippen LogP contribution in [0.5, 0.6) is 0 Å². The van der Waals surface area contributed by atoms with Crippen molar-refractivity contribution in [2.24, 2.45) is 0 Å². The second kappa shape index (κ2) is 8.16. The summed E-state index contributed by atoms with van der Waals surface area (Å²) in [7, 11) is 0. The number of hydrogen-bond acceptors (Lipinski definition) is 4. The normalized spacial score (nSPS) is 11.0. The van der Waals surface area contributed by atoms with Crippen molar-refractivity contribution >= 4 is 33.8 Å². The van der Waals surface area contributed by atoms with E-state index in [0.29, 0.717) is 17.4 Å². The molecule has 5 nitrogen and oxygen atoms in total. The van der Waals surface area contributed by atoms with Crippen LogP contribution in [0, 0.1) is 6.92 Å². The lowest BCUT2D eigenvalue weighted by Crippen LogP contribution is -2.17. The maximum atomic E-state index is 12.9. The smallest absolute Gasteiger partial charge is 0.229 e. The summed E-state index contributed by atoms with van der Waals surface area (Å²) in [6.07, 6.45) is 0.290. The van der Waals surface area contributed by atoms with Gasteiger partial charge in [-0.15, -0.1) is 11.3 Å². The maximum Gasteiger partial charge on any atom is 0.229 e. The molecule has 1 amide bonds. The Morgan fingerprint density at radius 1 is 1.00 bits per heavy atom. The molecule has 0 aliphatic rings. The summed E-state index contributed by atoms with van der Waals surface area (Å²) in [4.78, 5) is 17.6. The van der Waals surface area contributed by atoms with Gasteiger partial charge < -0.3 is 5.32 Å². The zero-order chi connectivity index (χ0) is 21.2. The lowest BCUT2D eigenvalue weighted by atomic mass is 10.0. The molecule has 5 aromatic rings. The first-order chi connectivity index (χ1) is 15.2. The molecule has 0 aliphatic heterocycles. The summed E-state index contributed by atoms with van der Waals surface area (Å²) in [5.41, 5.74) is 3.76. The summed E-state index contributed by atoms with van der Waals surface area (Å²) in [5.74, 6) is 0.536. The van der Waals surface area contributed by atoms with Crippen molar-refractivity contribution in [2.75, 3.05) is 5.32 Å². The van der Waals surface area contributed by atoms with Crippen LogP contribution in [-0.2, 0) is 11.2 Å². The molecule has 0 radical (unpaired) electrons. The van der Waals surface area contributed by atoms with Crippen LogP contribution in [0.4, 0.5) is 5.82 Å². The number of nitrogens with zero attached hydrogens (tertiary/aromatic N) is 3. The number of amides is 1. The third-order valence-corrected chi connectivity index (χ3v) is 5.89. The third kappa shape index (κ3) is 3.98. The average molecular weight is 425 g/mol. The third-order valence-electron chi connectivity index (χ3n) is 5.07. The number of aryl methyl sites for hydroxylation is 1. The van der Waals surface area contributed by atoms with E-state index < -0.39 is 0 Å². The fraction of sp³-hybridized carbons (Fsp3) is 0.0800. The van der Waals surface area contributed by atoms with Crippen molar-refractivity contribution in [1.29, 1.82) is 0 Å². The van der Waals surface area contributed by atoms with Crippen molar-refractivity contribution < 1.29 is 4.79 Å². The lowest BCUT2D eigenvalue weighted by molar-refractivity contribution is -0.115. The number of carbonyl (C=O) groups is 1. The molecule has 0 atom stereocenters. The van der Waals surface area contributed by atoms with Crippen LogP contribution in [0.2, 0.25) is 0 Å². The Kier molecular flexibility index (Phi) is 5.06. The summed E-state index contributed by atoms with van der Waals surface area (Å²) in [5, 5.41) is 12.5. The molecular weight excluding hydrogens is 404 g/mol. The molecule has 6 heteroatoms. The van der Waals surface area contributed by atoms with E-state index in [0.717, 1.165) is 33.3 Å². The Labute approximate surface area is 184 Å². The number of aromatic nitrogens is 3. The zero-order valence-corrected chi connectivity index (χ0v) is 17.8. The molecule has 0 fully saturated rings. The van der Waals surface area contributed by atoms with Gasteiger partial charge in [0.2, 0.25) is 11.0 Å². The van der Waals surface area contributed by atoms with Crippen molar-refractivity contribution in [3.8, 4) is 16.4 Å². The lowest BCUT2D eigenvalue weighted by Gasteiger charge is -2.09. The van der Waals surface area contributed by atoms with E-state index in [9.17, 15) is 4.79 Å². The molecule has 0 unspecified atom stereocenters. The SMILES string of the molecule is Cc1cc(NC(=O)Cc2cccc3ccccc23)n(-c2nc(-c3ccccc3)cs2)n1. The van der Waals surface area contributed by atoms with Crippen LogP contribution in [0.25, 0.3) is 27.2 Å². The van der Waals surface area contributed by atoms with Crippen LogP contribution >= 0.6 is 11.3 Å². The molecule has 2 heterocycles. The van der Waals surface area contributed by atoms with Crippen LogP contribution in [0.15, 0.2) is 84.2 Å². The van der Waals surface area contributed by atoms with E-state index in [4.69, 9.17) is 4.98 Å². The van der Waals surface area contributed by atoms with Gasteiger partial charge in [0.25, 0.3) is 0 Å². The number of nitrogens with one attached hydrogen (secondary N) is 1. The molecule has 2 aromatic heterocycles. The van der Waals surface area contributed by atoms with Gasteiger partial charge in [-0.25, -0.2) is 4.98 Å². The zero-order valence-electron chi connectivity index (χ0n) is 16.9. The van der Waals surface area contributed by atoms with Gasteiger partial charge in [0.1, 0.15) is 5.82 Å². The highest BCUT2D eigenvalue weighted by Crippen LogP contribution is 2.26. The van der Waals surface area contributed by atoms with Gasteiger partial charge in [-0.05, 0) is 23.3 Å². The molecule has 1 N–H and O–H groups in total. The van der Waals surface area contributed by atoms with Crippen LogP contribution in [0.3, 0.4) is 0 Å². The van der Waals surface area contributed by atoms with Crippen molar-refractivity contribution in [3.63, 3.8) is 0 Å². The number of benzene rings is 3. The molecule has 0 saturated carbocycles. The fourth-order valence-electron chi connectivity index (χ4n) is 3.64. The Balaban J connectivity index is 1.40. The number of carbonyl (C=O) groups excluding carboxylic acids is 1. The number of anilines is 1. The van der Waals surface area contributed by atoms with Crippen LogP contribution < -0.4 is 5.32 Å². The van der Waals surface area contributed by atoms with Crippen molar-refractivity contribution in [3.05, 3.63) is 95.5 Å². The quantitative estimate of drug-likeness (QED) is 0.397. The first kappa shape index (κ1) is 19.2. The van der Waals surface area contributed by atoms with Gasteiger partial charge in [-0.1, -0.05) is 72.8 Å². The largest absolute Gasteiger partial charge is 0.310 e. The molecule has 0 saturated heterocycles. The predicted molar refractivity (Wildman–Crippen MR) is 126 cm³/mol. The van der Waals surface area contributed by atoms with Gasteiger partial charge in [0, 0.05) is 17.0 Å². The van der Waals surface area contributed by atoms with Crippen LogP contribution in [-0.4, -0.2) is 20.7 Å². The highest BCUT2D eigenvalue weighted by molar-refractivity contribution is 7.12. The molecule has 152 valence electrons. The standard InChI is InChI=1S/C25H20N4OS/c1-17-14-23(27-24(30)15-20-12-7-11-18-8-5-6-13-21(18)20)29(28-17)25-26-22(16-31-25)19-9-3-2-4-10-19/h2-14,16H,15H2,1H3,(H,27,30). The van der Waals surface area contributed by atoms with E-state index in [1.165, 1.54) is 11.3 Å². The Morgan fingerprint density at radius 2 is 1.77 bits per heavy atom. The first-order valence-electron chi connectivity index (χ1n) is 10.0. The topological polar surface area (TPSA) is 59.8 Å². The van der Waals surface area contributed by atoms with E-state index >= 15 is 0 Å². The Bertz CT molecular complexity index is 1370. The molecule has 0 aliphatic carbocycles. The van der Waals surface area contributed by atoms with Gasteiger partial charge in [-0.2, -0.15) is 9.78 Å². The van der Waals surface area contributed by atoms with Gasteiger partial charge >= 0.3 is 0 Å². The monoisotopic (exact) mass is 424 g/mol. The van der Waals surface area contributed by atoms with E-state index in [-0.39, 0.29) is 5.91 Å². The van der Waals surface area contributed by atoms with Gasteiger partial charge in [0.15, 0.2) is 0 Å². The summed E-state index contributed by atoms with van der Waals surface area (Å²) >= 11 is 1.50.